The maximum absolute atomic E-state index is 13.4. The van der Waals surface area contributed by atoms with Crippen molar-refractivity contribution in [1.29, 1.82) is 0 Å². The van der Waals surface area contributed by atoms with E-state index in [1.165, 1.54) is 0 Å². The van der Waals surface area contributed by atoms with Crippen LogP contribution in [-0.2, 0) is 4.79 Å². The number of carbonyl (C=O) groups is 1. The van der Waals surface area contributed by atoms with Crippen molar-refractivity contribution in [1.82, 2.24) is 19.5 Å². The van der Waals surface area contributed by atoms with E-state index < -0.39 is 0 Å². The van der Waals surface area contributed by atoms with E-state index in [4.69, 9.17) is 15.8 Å². The Kier molecular flexibility index (Phi) is 6.14. The maximum Gasteiger partial charge on any atom is 0.230 e. The van der Waals surface area contributed by atoms with Gasteiger partial charge in [-0.2, -0.15) is 5.10 Å². The highest BCUT2D eigenvalue weighted by molar-refractivity contribution is 5.81. The molecule has 2 aromatic rings. The lowest BCUT2D eigenvalue weighted by molar-refractivity contribution is -0.139. The number of nitrogens with zero attached hydrogens (tertiary/aromatic N) is 5. The molecule has 7 heteroatoms. The molecule has 2 aliphatic rings. The minimum Gasteiger partial charge on any atom is -0.355 e. The predicted molar refractivity (Wildman–Crippen MR) is 124 cm³/mol. The number of fused-ring (bicyclic) bond motifs is 1. The van der Waals surface area contributed by atoms with E-state index >= 15 is 0 Å². The van der Waals surface area contributed by atoms with Gasteiger partial charge in [0.15, 0.2) is 5.65 Å². The Morgan fingerprint density at radius 2 is 2.06 bits per heavy atom. The summed E-state index contributed by atoms with van der Waals surface area (Å²) in [6.07, 6.45) is 9.61. The van der Waals surface area contributed by atoms with Gasteiger partial charge in [-0.1, -0.05) is 19.1 Å². The number of allylic oxidation sites excluding steroid dienone is 1. The monoisotopic (exact) mass is 422 g/mol. The zero-order valence-corrected chi connectivity index (χ0v) is 18.7. The fraction of sp³-hybridized carbons (Fsp3) is 0.542. The molecule has 1 amide bonds. The lowest BCUT2D eigenvalue weighted by atomic mass is 9.90. The van der Waals surface area contributed by atoms with Crippen molar-refractivity contribution in [3.05, 3.63) is 48.8 Å². The predicted octanol–water partition coefficient (Wildman–Crippen LogP) is 3.25. The Morgan fingerprint density at radius 3 is 2.74 bits per heavy atom. The third-order valence-corrected chi connectivity index (χ3v) is 6.75. The summed E-state index contributed by atoms with van der Waals surface area (Å²) in [6.45, 7) is 14.4. The number of likely N-dealkylation sites (tertiary alicyclic amines) is 1. The number of amides is 1. The molecule has 0 aromatic carbocycles. The number of aryl methyl sites for hydroxylation is 1. The van der Waals surface area contributed by atoms with Gasteiger partial charge in [0.2, 0.25) is 5.91 Å². The summed E-state index contributed by atoms with van der Waals surface area (Å²) in [5, 5.41) is 4.83. The van der Waals surface area contributed by atoms with E-state index in [0.717, 1.165) is 68.0 Å². The highest BCUT2D eigenvalue weighted by Crippen LogP contribution is 2.34. The average Bonchev–Trinajstić information content (AvgIpc) is 3.38. The van der Waals surface area contributed by atoms with E-state index in [1.807, 2.05) is 34.7 Å². The quantitative estimate of drug-likeness (QED) is 0.723. The van der Waals surface area contributed by atoms with Crippen molar-refractivity contribution in [3.63, 3.8) is 0 Å². The van der Waals surface area contributed by atoms with Crippen LogP contribution in [0, 0.1) is 18.8 Å². The normalized spacial score (nSPS) is 23.7. The van der Waals surface area contributed by atoms with Gasteiger partial charge in [-0.15, -0.1) is 13.2 Å². The molecule has 0 radical (unpaired) electrons. The molecule has 0 bridgehead atoms. The first-order valence-corrected chi connectivity index (χ1v) is 11.4. The van der Waals surface area contributed by atoms with E-state index in [1.54, 1.807) is 6.08 Å². The van der Waals surface area contributed by atoms with E-state index in [0.29, 0.717) is 0 Å². The summed E-state index contributed by atoms with van der Waals surface area (Å²) >= 11 is 0. The molecule has 2 N–H and O–H groups in total. The SMILES string of the molecule is C=CC(C)C(C=C)C(=O)N1CCCC[C@H]1c1cc2nc(N3CC[C@H](N)C3)c(C)cn2n1. The Bertz CT molecular complexity index is 982. The van der Waals surface area contributed by atoms with E-state index in [2.05, 4.69) is 25.0 Å². The zero-order chi connectivity index (χ0) is 22.1. The standard InChI is InChI=1S/C24H34N6O/c1-5-16(3)19(6-2)24(31)29-11-8-7-9-21(29)20-13-22-26-23(17(4)14-30(22)27-20)28-12-10-18(25)15-28/h5-6,13-14,16,18-19,21H,1-2,7-12,15,25H2,3-4H3/t16?,18-,19?,21-/m0/s1. The van der Waals surface area contributed by atoms with Crippen molar-refractivity contribution in [2.75, 3.05) is 24.5 Å². The van der Waals surface area contributed by atoms with Gasteiger partial charge in [-0.25, -0.2) is 9.50 Å². The number of nitrogens with two attached hydrogens (primary N) is 1. The molecule has 2 aliphatic heterocycles. The molecule has 7 nitrogen and oxygen atoms in total. The number of rotatable bonds is 6. The molecule has 0 saturated carbocycles. The lowest BCUT2D eigenvalue weighted by Gasteiger charge is -2.37. The summed E-state index contributed by atoms with van der Waals surface area (Å²) in [7, 11) is 0. The number of aromatic nitrogens is 3. The molecule has 0 spiro atoms. The first-order chi connectivity index (χ1) is 14.9. The highest BCUT2D eigenvalue weighted by Gasteiger charge is 2.34. The van der Waals surface area contributed by atoms with Crippen LogP contribution in [0.4, 0.5) is 5.82 Å². The van der Waals surface area contributed by atoms with Gasteiger partial charge in [-0.3, -0.25) is 4.79 Å². The molecule has 2 aromatic heterocycles. The smallest absolute Gasteiger partial charge is 0.230 e. The van der Waals surface area contributed by atoms with Gasteiger partial charge < -0.3 is 15.5 Å². The summed E-state index contributed by atoms with van der Waals surface area (Å²) in [6, 6.07) is 2.21. The first kappa shape index (κ1) is 21.6. The van der Waals surface area contributed by atoms with Crippen LogP contribution in [0.5, 0.6) is 0 Å². The molecule has 4 rings (SSSR count). The summed E-state index contributed by atoms with van der Waals surface area (Å²) < 4.78 is 1.85. The summed E-state index contributed by atoms with van der Waals surface area (Å²) in [5.41, 5.74) is 8.90. The van der Waals surface area contributed by atoms with Crippen molar-refractivity contribution in [2.45, 2.75) is 51.6 Å². The molecule has 166 valence electrons. The molecule has 0 aliphatic carbocycles. The van der Waals surface area contributed by atoms with Crippen molar-refractivity contribution < 1.29 is 4.79 Å². The van der Waals surface area contributed by atoms with Crippen LogP contribution in [0.1, 0.15) is 49.9 Å². The molecular formula is C24H34N6O. The van der Waals surface area contributed by atoms with Gasteiger partial charge in [-0.05, 0) is 38.5 Å². The molecule has 2 fully saturated rings. The van der Waals surface area contributed by atoms with Crippen LogP contribution in [0.25, 0.3) is 5.65 Å². The Morgan fingerprint density at radius 1 is 1.26 bits per heavy atom. The number of anilines is 1. The molecule has 31 heavy (non-hydrogen) atoms. The Balaban J connectivity index is 1.65. The number of hydrogen-bond acceptors (Lipinski definition) is 5. The van der Waals surface area contributed by atoms with Gasteiger partial charge in [0, 0.05) is 43.5 Å². The summed E-state index contributed by atoms with van der Waals surface area (Å²) in [5.74, 6) is 0.879. The molecule has 4 atom stereocenters. The minimum absolute atomic E-state index is 0.0358. The topological polar surface area (TPSA) is 79.8 Å². The van der Waals surface area contributed by atoms with E-state index in [-0.39, 0.29) is 29.8 Å². The van der Waals surface area contributed by atoms with Crippen LogP contribution in [0.15, 0.2) is 37.6 Å². The van der Waals surface area contributed by atoms with E-state index in [9.17, 15) is 4.79 Å². The first-order valence-electron chi connectivity index (χ1n) is 11.4. The van der Waals surface area contributed by atoms with Crippen molar-refractivity contribution in [3.8, 4) is 0 Å². The molecule has 4 heterocycles. The number of hydrogen-bond donors (Lipinski definition) is 1. The second kappa shape index (κ2) is 8.83. The van der Waals surface area contributed by atoms with Gasteiger partial charge in [0.05, 0.1) is 17.7 Å². The Labute approximate surface area is 184 Å². The third-order valence-electron chi connectivity index (χ3n) is 6.75. The van der Waals surface area contributed by atoms with Crippen LogP contribution < -0.4 is 10.6 Å². The Hall–Kier alpha value is -2.67. The second-order valence-corrected chi connectivity index (χ2v) is 9.01. The molecule has 2 saturated heterocycles. The molecular weight excluding hydrogens is 388 g/mol. The van der Waals surface area contributed by atoms with Crippen LogP contribution in [0.2, 0.25) is 0 Å². The zero-order valence-electron chi connectivity index (χ0n) is 18.7. The van der Waals surface area contributed by atoms with Gasteiger partial charge in [0.1, 0.15) is 5.82 Å². The van der Waals surface area contributed by atoms with Crippen molar-refractivity contribution >= 4 is 17.4 Å². The van der Waals surface area contributed by atoms with Crippen molar-refractivity contribution in [2.24, 2.45) is 17.6 Å². The second-order valence-electron chi connectivity index (χ2n) is 9.01. The number of piperidine rings is 1. The van der Waals surface area contributed by atoms with Gasteiger partial charge >= 0.3 is 0 Å². The fourth-order valence-electron chi connectivity index (χ4n) is 4.86. The molecule has 2 unspecified atom stereocenters. The average molecular weight is 423 g/mol. The van der Waals surface area contributed by atoms with Crippen LogP contribution >= 0.6 is 0 Å². The van der Waals surface area contributed by atoms with Gasteiger partial charge in [0.25, 0.3) is 0 Å². The lowest BCUT2D eigenvalue weighted by Crippen LogP contribution is -2.43. The summed E-state index contributed by atoms with van der Waals surface area (Å²) in [4.78, 5) is 22.5. The highest BCUT2D eigenvalue weighted by atomic mass is 16.2. The minimum atomic E-state index is -0.263. The van der Waals surface area contributed by atoms with Crippen LogP contribution in [-0.4, -0.2) is 51.1 Å². The maximum atomic E-state index is 13.4. The number of carbonyl (C=O) groups excluding carboxylic acids is 1. The largest absolute Gasteiger partial charge is 0.355 e. The third kappa shape index (κ3) is 4.11. The fourth-order valence-corrected chi connectivity index (χ4v) is 4.86. The van der Waals surface area contributed by atoms with Crippen LogP contribution in [0.3, 0.4) is 0 Å².